The lowest BCUT2D eigenvalue weighted by Crippen LogP contribution is -2.25. The van der Waals surface area contributed by atoms with E-state index < -0.39 is 0 Å². The third kappa shape index (κ3) is 0.402. The molecule has 2 N–H and O–H groups in total. The van der Waals surface area contributed by atoms with E-state index in [1.807, 2.05) is 0 Å². The van der Waals surface area contributed by atoms with E-state index in [0.717, 1.165) is 6.42 Å². The Hall–Kier alpha value is -0.300. The highest BCUT2D eigenvalue weighted by atomic mass is 14.7. The number of rotatable bonds is 0. The fourth-order valence-corrected chi connectivity index (χ4v) is 1.49. The van der Waals surface area contributed by atoms with Gasteiger partial charge in [-0.1, -0.05) is 12.2 Å². The van der Waals surface area contributed by atoms with Crippen molar-refractivity contribution < 1.29 is 0 Å². The van der Waals surface area contributed by atoms with Crippen LogP contribution in [0.5, 0.6) is 0 Å². The van der Waals surface area contributed by atoms with Crippen molar-refractivity contribution in [2.45, 2.75) is 25.3 Å². The Morgan fingerprint density at radius 2 is 2.25 bits per heavy atom. The van der Waals surface area contributed by atoms with Crippen LogP contribution in [0, 0.1) is 5.41 Å². The Labute approximate surface area is 49.6 Å². The second-order valence-corrected chi connectivity index (χ2v) is 2.98. The van der Waals surface area contributed by atoms with E-state index in [2.05, 4.69) is 12.2 Å². The average Bonchev–Trinajstić information content (AvgIpc) is 2.39. The highest BCUT2D eigenvalue weighted by Gasteiger charge is 2.47. The SMILES string of the molecule is NC1CC=CC12CC2. The molecule has 1 saturated carbocycles. The Morgan fingerprint density at radius 1 is 1.50 bits per heavy atom. The highest BCUT2D eigenvalue weighted by Crippen LogP contribution is 2.53. The lowest BCUT2D eigenvalue weighted by molar-refractivity contribution is 0.523. The zero-order chi connectivity index (χ0) is 5.61. The minimum absolute atomic E-state index is 0.461. The third-order valence-electron chi connectivity index (χ3n) is 2.41. The monoisotopic (exact) mass is 109 g/mol. The molecule has 0 aliphatic heterocycles. The van der Waals surface area contributed by atoms with Gasteiger partial charge < -0.3 is 5.73 Å². The molecule has 1 heteroatoms. The molecule has 44 valence electrons. The van der Waals surface area contributed by atoms with Gasteiger partial charge in [0.05, 0.1) is 0 Å². The standard InChI is InChI=1S/C7H11N/c8-6-2-1-3-7(6)4-5-7/h1,3,6H,2,4-5,8H2. The molecule has 2 aliphatic rings. The van der Waals surface area contributed by atoms with E-state index in [4.69, 9.17) is 5.73 Å². The normalized spacial score (nSPS) is 38.9. The first kappa shape index (κ1) is 4.57. The van der Waals surface area contributed by atoms with Crippen molar-refractivity contribution in [3.63, 3.8) is 0 Å². The van der Waals surface area contributed by atoms with Crippen LogP contribution in [0.15, 0.2) is 12.2 Å². The summed E-state index contributed by atoms with van der Waals surface area (Å²) in [7, 11) is 0. The summed E-state index contributed by atoms with van der Waals surface area (Å²) in [6.45, 7) is 0. The van der Waals surface area contributed by atoms with Gasteiger partial charge in [-0.25, -0.2) is 0 Å². The maximum absolute atomic E-state index is 5.81. The lowest BCUT2D eigenvalue weighted by Gasteiger charge is -2.09. The molecule has 1 nitrogen and oxygen atoms in total. The van der Waals surface area contributed by atoms with E-state index >= 15 is 0 Å². The zero-order valence-electron chi connectivity index (χ0n) is 4.93. The maximum atomic E-state index is 5.81. The van der Waals surface area contributed by atoms with Crippen LogP contribution in [-0.2, 0) is 0 Å². The zero-order valence-corrected chi connectivity index (χ0v) is 4.93. The predicted octanol–water partition coefficient (Wildman–Crippen LogP) is 1.05. The van der Waals surface area contributed by atoms with Crippen molar-refractivity contribution in [2.75, 3.05) is 0 Å². The van der Waals surface area contributed by atoms with Crippen LogP contribution in [0.25, 0.3) is 0 Å². The molecule has 2 aliphatic carbocycles. The van der Waals surface area contributed by atoms with Gasteiger partial charge in [0.15, 0.2) is 0 Å². The molecule has 0 aromatic carbocycles. The van der Waals surface area contributed by atoms with Crippen molar-refractivity contribution in [1.82, 2.24) is 0 Å². The minimum Gasteiger partial charge on any atom is -0.327 e. The van der Waals surface area contributed by atoms with Crippen molar-refractivity contribution in [3.05, 3.63) is 12.2 Å². The van der Waals surface area contributed by atoms with Gasteiger partial charge in [-0.15, -0.1) is 0 Å². The topological polar surface area (TPSA) is 26.0 Å². The Bertz CT molecular complexity index is 133. The smallest absolute Gasteiger partial charge is 0.0165 e. The molecule has 0 bridgehead atoms. The van der Waals surface area contributed by atoms with Gasteiger partial charge in [-0.05, 0) is 19.3 Å². The number of nitrogens with two attached hydrogens (primary N) is 1. The molecule has 1 atom stereocenters. The molecule has 1 unspecified atom stereocenters. The lowest BCUT2D eigenvalue weighted by atomic mass is 10.0. The molecule has 2 rings (SSSR count). The van der Waals surface area contributed by atoms with Crippen molar-refractivity contribution in [2.24, 2.45) is 11.1 Å². The molecule has 0 amide bonds. The number of hydrogen-bond acceptors (Lipinski definition) is 1. The van der Waals surface area contributed by atoms with Crippen LogP contribution < -0.4 is 5.73 Å². The van der Waals surface area contributed by atoms with Gasteiger partial charge in [-0.2, -0.15) is 0 Å². The second kappa shape index (κ2) is 1.16. The quantitative estimate of drug-likeness (QED) is 0.462. The van der Waals surface area contributed by atoms with Gasteiger partial charge >= 0.3 is 0 Å². The summed E-state index contributed by atoms with van der Waals surface area (Å²) >= 11 is 0. The fourth-order valence-electron chi connectivity index (χ4n) is 1.49. The predicted molar refractivity (Wildman–Crippen MR) is 33.4 cm³/mol. The first-order valence-electron chi connectivity index (χ1n) is 3.27. The van der Waals surface area contributed by atoms with Crippen LogP contribution in [-0.4, -0.2) is 6.04 Å². The summed E-state index contributed by atoms with van der Waals surface area (Å²) in [5, 5.41) is 0. The second-order valence-electron chi connectivity index (χ2n) is 2.98. The van der Waals surface area contributed by atoms with E-state index in [0.29, 0.717) is 11.5 Å². The minimum atomic E-state index is 0.461. The third-order valence-corrected chi connectivity index (χ3v) is 2.41. The summed E-state index contributed by atoms with van der Waals surface area (Å²) in [6.07, 6.45) is 8.31. The molecule has 0 aromatic heterocycles. The Balaban J connectivity index is 2.22. The first-order valence-corrected chi connectivity index (χ1v) is 3.27. The molecular weight excluding hydrogens is 98.1 g/mol. The van der Waals surface area contributed by atoms with E-state index in [-0.39, 0.29) is 0 Å². The van der Waals surface area contributed by atoms with Crippen LogP contribution in [0.2, 0.25) is 0 Å². The van der Waals surface area contributed by atoms with E-state index in [1.165, 1.54) is 12.8 Å². The Morgan fingerprint density at radius 3 is 2.50 bits per heavy atom. The molecule has 0 heterocycles. The van der Waals surface area contributed by atoms with Gasteiger partial charge in [0.2, 0.25) is 0 Å². The molecule has 0 aromatic rings. The molecule has 1 spiro atoms. The van der Waals surface area contributed by atoms with Crippen LogP contribution >= 0.6 is 0 Å². The van der Waals surface area contributed by atoms with Gasteiger partial charge in [0.1, 0.15) is 0 Å². The van der Waals surface area contributed by atoms with Gasteiger partial charge in [0, 0.05) is 11.5 Å². The van der Waals surface area contributed by atoms with Gasteiger partial charge in [-0.3, -0.25) is 0 Å². The van der Waals surface area contributed by atoms with E-state index in [9.17, 15) is 0 Å². The summed E-state index contributed by atoms with van der Waals surface area (Å²) < 4.78 is 0. The largest absolute Gasteiger partial charge is 0.327 e. The molecular formula is C7H11N. The van der Waals surface area contributed by atoms with Crippen molar-refractivity contribution in [1.29, 1.82) is 0 Å². The highest BCUT2D eigenvalue weighted by molar-refractivity contribution is 5.20. The Kier molecular flexibility index (Phi) is 0.662. The van der Waals surface area contributed by atoms with Crippen molar-refractivity contribution >= 4 is 0 Å². The first-order chi connectivity index (χ1) is 3.83. The van der Waals surface area contributed by atoms with Crippen molar-refractivity contribution in [3.8, 4) is 0 Å². The summed E-state index contributed by atoms with van der Waals surface area (Å²) in [6, 6.07) is 0.461. The van der Waals surface area contributed by atoms with Crippen LogP contribution in [0.1, 0.15) is 19.3 Å². The maximum Gasteiger partial charge on any atom is 0.0165 e. The summed E-state index contributed by atoms with van der Waals surface area (Å²) in [5.74, 6) is 0. The fraction of sp³-hybridized carbons (Fsp3) is 0.714. The average molecular weight is 109 g/mol. The molecule has 8 heavy (non-hydrogen) atoms. The van der Waals surface area contributed by atoms with Crippen LogP contribution in [0.3, 0.4) is 0 Å². The molecule has 0 saturated heterocycles. The van der Waals surface area contributed by atoms with Crippen LogP contribution in [0.4, 0.5) is 0 Å². The number of hydrogen-bond donors (Lipinski definition) is 1. The summed E-state index contributed by atoms with van der Waals surface area (Å²) in [5.41, 5.74) is 6.31. The van der Waals surface area contributed by atoms with E-state index in [1.54, 1.807) is 0 Å². The molecule has 1 fully saturated rings. The molecule has 0 radical (unpaired) electrons. The van der Waals surface area contributed by atoms with Gasteiger partial charge in [0.25, 0.3) is 0 Å². The summed E-state index contributed by atoms with van der Waals surface area (Å²) in [4.78, 5) is 0.